The van der Waals surface area contributed by atoms with Crippen molar-refractivity contribution in [2.24, 2.45) is 0 Å². The van der Waals surface area contributed by atoms with Gasteiger partial charge in [-0.15, -0.1) is 0 Å². The lowest BCUT2D eigenvalue weighted by Gasteiger charge is -2.18. The molecule has 0 atom stereocenters. The number of hydrogen-bond donors (Lipinski definition) is 0. The maximum atomic E-state index is 12.8. The zero-order chi connectivity index (χ0) is 21.1. The molecule has 3 rings (SSSR count). The van der Waals surface area contributed by atoms with Gasteiger partial charge < -0.3 is 9.47 Å². The van der Waals surface area contributed by atoms with Crippen LogP contribution in [0.4, 0.5) is 5.69 Å². The smallest absolute Gasteiger partial charge is 0.343 e. The Morgan fingerprint density at radius 3 is 2.38 bits per heavy atom. The number of ether oxygens (including phenoxy) is 2. The Hall–Kier alpha value is -2.23. The van der Waals surface area contributed by atoms with Crippen LogP contribution in [0.2, 0.25) is 0 Å². The fourth-order valence-corrected chi connectivity index (χ4v) is 4.45. The number of thiocarbonyl (C=S) groups is 1. The highest BCUT2D eigenvalue weighted by Gasteiger charge is 2.36. The molecule has 0 radical (unpaired) electrons. The molecule has 0 unspecified atom stereocenters. The second kappa shape index (κ2) is 9.06. The molecule has 0 aromatic heterocycles. The molecular formula is C20H16Br2N2O4S. The Morgan fingerprint density at radius 2 is 1.79 bits per heavy atom. The summed E-state index contributed by atoms with van der Waals surface area (Å²) in [5, 5.41) is 0.406. The van der Waals surface area contributed by atoms with Crippen LogP contribution in [0.1, 0.15) is 5.56 Å². The average molecular weight is 540 g/mol. The van der Waals surface area contributed by atoms with E-state index >= 15 is 0 Å². The zero-order valence-corrected chi connectivity index (χ0v) is 19.5. The SMILES string of the molecule is COC(=O)COc1c(Br)cc(C=C2C(=O)N(C)C(=S)N2c2ccccc2)cc1Br. The van der Waals surface area contributed by atoms with Gasteiger partial charge in [0.25, 0.3) is 5.91 Å². The van der Waals surface area contributed by atoms with E-state index in [0.717, 1.165) is 11.3 Å². The molecule has 0 aliphatic carbocycles. The lowest BCUT2D eigenvalue weighted by Crippen LogP contribution is -2.29. The van der Waals surface area contributed by atoms with Crippen molar-refractivity contribution in [2.45, 2.75) is 0 Å². The number of hydrogen-bond acceptors (Lipinski definition) is 5. The van der Waals surface area contributed by atoms with Crippen LogP contribution < -0.4 is 9.64 Å². The van der Waals surface area contributed by atoms with E-state index in [1.54, 1.807) is 30.2 Å². The Labute approximate surface area is 190 Å². The van der Waals surface area contributed by atoms with Gasteiger partial charge in [0.05, 0.1) is 16.1 Å². The summed E-state index contributed by atoms with van der Waals surface area (Å²) in [7, 11) is 2.95. The fourth-order valence-electron chi connectivity index (χ4n) is 2.71. The van der Waals surface area contributed by atoms with Crippen molar-refractivity contribution in [1.29, 1.82) is 0 Å². The highest BCUT2D eigenvalue weighted by Crippen LogP contribution is 2.36. The van der Waals surface area contributed by atoms with Gasteiger partial charge in [0.2, 0.25) is 0 Å². The number of anilines is 1. The molecule has 150 valence electrons. The van der Waals surface area contributed by atoms with E-state index in [2.05, 4.69) is 36.6 Å². The molecule has 2 aromatic rings. The summed E-state index contributed by atoms with van der Waals surface area (Å²) in [6.07, 6.45) is 1.75. The van der Waals surface area contributed by atoms with Gasteiger partial charge in [-0.1, -0.05) is 18.2 Å². The van der Waals surface area contributed by atoms with Crippen molar-refractivity contribution < 1.29 is 19.1 Å². The third-order valence-corrected chi connectivity index (χ3v) is 5.78. The van der Waals surface area contributed by atoms with Gasteiger partial charge >= 0.3 is 5.97 Å². The summed E-state index contributed by atoms with van der Waals surface area (Å²) in [5.74, 6) is -0.221. The number of benzene rings is 2. The summed E-state index contributed by atoms with van der Waals surface area (Å²) in [5.41, 5.74) is 1.99. The maximum Gasteiger partial charge on any atom is 0.343 e. The maximum absolute atomic E-state index is 12.8. The van der Waals surface area contributed by atoms with Crippen LogP contribution in [0.25, 0.3) is 6.08 Å². The minimum atomic E-state index is -0.485. The molecule has 1 fully saturated rings. The van der Waals surface area contributed by atoms with E-state index in [9.17, 15) is 9.59 Å². The van der Waals surface area contributed by atoms with Gasteiger partial charge in [-0.05, 0) is 80.0 Å². The zero-order valence-electron chi connectivity index (χ0n) is 15.5. The van der Waals surface area contributed by atoms with Crippen LogP contribution >= 0.6 is 44.1 Å². The van der Waals surface area contributed by atoms with E-state index < -0.39 is 5.97 Å². The first-order chi connectivity index (χ1) is 13.8. The third kappa shape index (κ3) is 4.52. The number of carbonyl (C=O) groups is 2. The summed E-state index contributed by atoms with van der Waals surface area (Å²) in [6.45, 7) is -0.215. The number of amides is 1. The number of methoxy groups -OCH3 is 1. The van der Waals surface area contributed by atoms with Crippen LogP contribution in [0.3, 0.4) is 0 Å². The van der Waals surface area contributed by atoms with Crippen LogP contribution in [0.5, 0.6) is 5.75 Å². The number of rotatable bonds is 5. The first kappa shape index (κ1) is 21.5. The van der Waals surface area contributed by atoms with E-state index in [-0.39, 0.29) is 12.5 Å². The largest absolute Gasteiger partial charge is 0.480 e. The molecule has 1 aliphatic heterocycles. The molecule has 1 heterocycles. The lowest BCUT2D eigenvalue weighted by molar-refractivity contribution is -0.142. The van der Waals surface area contributed by atoms with E-state index in [4.69, 9.17) is 17.0 Å². The van der Waals surface area contributed by atoms with E-state index in [1.165, 1.54) is 12.0 Å². The molecule has 0 spiro atoms. The molecule has 2 aromatic carbocycles. The van der Waals surface area contributed by atoms with E-state index in [0.29, 0.717) is 25.5 Å². The third-order valence-electron chi connectivity index (χ3n) is 4.14. The van der Waals surface area contributed by atoms with Crippen molar-refractivity contribution in [3.8, 4) is 5.75 Å². The normalized spacial score (nSPS) is 15.2. The Balaban J connectivity index is 1.98. The first-order valence-electron chi connectivity index (χ1n) is 8.41. The summed E-state index contributed by atoms with van der Waals surface area (Å²) < 4.78 is 11.3. The number of likely N-dealkylation sites (N-methyl/N-ethyl adjacent to an activating group) is 1. The minimum absolute atomic E-state index is 0.197. The first-order valence-corrected chi connectivity index (χ1v) is 10.4. The van der Waals surface area contributed by atoms with Crippen molar-refractivity contribution in [2.75, 3.05) is 25.7 Å². The quantitative estimate of drug-likeness (QED) is 0.319. The average Bonchev–Trinajstić information content (AvgIpc) is 2.91. The Morgan fingerprint density at radius 1 is 1.17 bits per heavy atom. The molecule has 0 N–H and O–H groups in total. The van der Waals surface area contributed by atoms with Crippen LogP contribution in [-0.2, 0) is 14.3 Å². The van der Waals surface area contributed by atoms with Crippen LogP contribution in [0.15, 0.2) is 57.1 Å². The van der Waals surface area contributed by atoms with Crippen LogP contribution in [0, 0.1) is 0 Å². The monoisotopic (exact) mass is 538 g/mol. The molecule has 6 nitrogen and oxygen atoms in total. The molecule has 9 heteroatoms. The molecular weight excluding hydrogens is 524 g/mol. The Bertz CT molecular complexity index is 988. The number of halogens is 2. The van der Waals surface area contributed by atoms with E-state index in [1.807, 2.05) is 30.3 Å². The topological polar surface area (TPSA) is 59.1 Å². The summed E-state index contributed by atoms with van der Waals surface area (Å²) in [4.78, 5) is 27.3. The molecule has 1 saturated heterocycles. The molecule has 1 aliphatic rings. The van der Waals surface area contributed by atoms with Gasteiger partial charge in [0.15, 0.2) is 11.7 Å². The summed E-state index contributed by atoms with van der Waals surface area (Å²) in [6, 6.07) is 13.0. The lowest BCUT2D eigenvalue weighted by atomic mass is 10.1. The second-order valence-corrected chi connectivity index (χ2v) is 8.10. The predicted molar refractivity (Wildman–Crippen MR) is 122 cm³/mol. The number of nitrogens with zero attached hydrogens (tertiary/aromatic N) is 2. The Kier molecular flexibility index (Phi) is 6.71. The van der Waals surface area contributed by atoms with Gasteiger partial charge in [-0.2, -0.15) is 0 Å². The number of para-hydroxylation sites is 1. The van der Waals surface area contributed by atoms with Crippen LogP contribution in [-0.4, -0.2) is 42.7 Å². The van der Waals surface area contributed by atoms with Gasteiger partial charge in [0.1, 0.15) is 11.4 Å². The highest BCUT2D eigenvalue weighted by atomic mass is 79.9. The molecule has 1 amide bonds. The van der Waals surface area contributed by atoms with Crippen molar-refractivity contribution in [3.63, 3.8) is 0 Å². The van der Waals surface area contributed by atoms with Gasteiger partial charge in [-0.3, -0.25) is 14.6 Å². The highest BCUT2D eigenvalue weighted by molar-refractivity contribution is 9.11. The van der Waals surface area contributed by atoms with Crippen molar-refractivity contribution in [1.82, 2.24) is 4.90 Å². The predicted octanol–water partition coefficient (Wildman–Crippen LogP) is 4.37. The standard InChI is InChI=1S/C20H16Br2N2O4S/c1-23-19(26)16(24(20(23)29)13-6-4-3-5-7-13)10-12-8-14(21)18(15(22)9-12)28-11-17(25)27-2/h3-10H,11H2,1-2H3. The molecule has 0 saturated carbocycles. The molecule has 0 bridgehead atoms. The minimum Gasteiger partial charge on any atom is -0.480 e. The van der Waals surface area contributed by atoms with Gasteiger partial charge in [0, 0.05) is 12.7 Å². The second-order valence-electron chi connectivity index (χ2n) is 6.03. The van der Waals surface area contributed by atoms with Gasteiger partial charge in [-0.25, -0.2) is 4.79 Å². The van der Waals surface area contributed by atoms with Crippen molar-refractivity contribution >= 4 is 72.8 Å². The number of carbonyl (C=O) groups excluding carboxylic acids is 2. The van der Waals surface area contributed by atoms with Crippen molar-refractivity contribution in [3.05, 3.63) is 62.7 Å². The fraction of sp³-hybridized carbons (Fsp3) is 0.150. The molecule has 29 heavy (non-hydrogen) atoms. The summed E-state index contributed by atoms with van der Waals surface area (Å²) >= 11 is 12.4. The number of esters is 1.